The summed E-state index contributed by atoms with van der Waals surface area (Å²) >= 11 is 0. The number of aromatic carboxylic acids is 1. The summed E-state index contributed by atoms with van der Waals surface area (Å²) in [4.78, 5) is 31.4. The summed E-state index contributed by atoms with van der Waals surface area (Å²) in [6, 6.07) is 1.81. The van der Waals surface area contributed by atoms with Crippen LogP contribution in [0, 0.1) is 0 Å². The fraction of sp³-hybridized carbons (Fsp3) is 0.100. The van der Waals surface area contributed by atoms with Crippen molar-refractivity contribution in [3.63, 3.8) is 0 Å². The zero-order valence-electron chi connectivity index (χ0n) is 8.73. The number of amides is 1. The van der Waals surface area contributed by atoms with Crippen molar-refractivity contribution in [2.45, 2.75) is 6.54 Å². The first-order chi connectivity index (χ1) is 8.18. The Morgan fingerprint density at radius 3 is 2.94 bits per heavy atom. The van der Waals surface area contributed by atoms with E-state index in [-0.39, 0.29) is 11.4 Å². The molecule has 0 saturated carbocycles. The number of carbonyl (C=O) groups excluding carboxylic acids is 1. The largest absolute Gasteiger partial charge is 0.477 e. The number of nitrogens with one attached hydrogen (secondary N) is 3. The van der Waals surface area contributed by atoms with Crippen LogP contribution < -0.4 is 5.32 Å². The first-order valence-corrected chi connectivity index (χ1v) is 4.85. The topological polar surface area (TPSA) is 111 Å². The Morgan fingerprint density at radius 1 is 1.47 bits per heavy atom. The number of hydrogen-bond acceptors (Lipinski definition) is 3. The highest BCUT2D eigenvalue weighted by atomic mass is 16.4. The van der Waals surface area contributed by atoms with Crippen molar-refractivity contribution in [3.05, 3.63) is 41.7 Å². The Labute approximate surface area is 95.9 Å². The summed E-state index contributed by atoms with van der Waals surface area (Å²) in [6.45, 7) is 0.314. The van der Waals surface area contributed by atoms with Crippen LogP contribution in [0.1, 0.15) is 26.5 Å². The molecule has 2 heterocycles. The van der Waals surface area contributed by atoms with Gasteiger partial charge in [0.15, 0.2) is 11.4 Å². The van der Waals surface area contributed by atoms with Crippen LogP contribution in [-0.2, 0) is 6.54 Å². The van der Waals surface area contributed by atoms with Crippen LogP contribution in [-0.4, -0.2) is 31.9 Å². The lowest BCUT2D eigenvalue weighted by Crippen LogP contribution is -2.25. The van der Waals surface area contributed by atoms with Crippen LogP contribution in [0.3, 0.4) is 0 Å². The maximum Gasteiger partial charge on any atom is 0.354 e. The second-order valence-electron chi connectivity index (χ2n) is 3.33. The molecule has 0 saturated heterocycles. The number of imidazole rings is 1. The lowest BCUT2D eigenvalue weighted by Gasteiger charge is -2.01. The lowest BCUT2D eigenvalue weighted by molar-refractivity contribution is 0.0685. The number of carboxylic acid groups (broad SMARTS) is 1. The third-order valence-electron chi connectivity index (χ3n) is 2.18. The van der Waals surface area contributed by atoms with Gasteiger partial charge in [-0.1, -0.05) is 0 Å². The number of hydrogen-bond donors (Lipinski definition) is 4. The van der Waals surface area contributed by atoms with Gasteiger partial charge in [-0.25, -0.2) is 9.78 Å². The summed E-state index contributed by atoms with van der Waals surface area (Å²) in [5.41, 5.74) is 0.565. The summed E-state index contributed by atoms with van der Waals surface area (Å²) in [6.07, 6.45) is 4.65. The van der Waals surface area contributed by atoms with Crippen LogP contribution >= 0.6 is 0 Å². The van der Waals surface area contributed by atoms with Crippen LogP contribution in [0.4, 0.5) is 0 Å². The van der Waals surface area contributed by atoms with Gasteiger partial charge in [0.1, 0.15) is 0 Å². The first kappa shape index (κ1) is 10.9. The first-order valence-electron chi connectivity index (χ1n) is 4.85. The number of carboxylic acids is 1. The zero-order chi connectivity index (χ0) is 12.3. The Bertz CT molecular complexity index is 530. The SMILES string of the molecule is O=C(NCc1cc[nH]c1)c1nc[nH]c1C(=O)O. The summed E-state index contributed by atoms with van der Waals surface area (Å²) in [5, 5.41) is 11.4. The van der Waals surface area contributed by atoms with Crippen LogP contribution in [0.5, 0.6) is 0 Å². The molecule has 0 aliphatic rings. The zero-order valence-corrected chi connectivity index (χ0v) is 8.73. The van der Waals surface area contributed by atoms with E-state index in [1.54, 1.807) is 12.4 Å². The number of nitrogens with zero attached hydrogens (tertiary/aromatic N) is 1. The molecule has 88 valence electrons. The molecule has 0 aliphatic carbocycles. The molecule has 2 aromatic rings. The molecule has 0 radical (unpaired) electrons. The van der Waals surface area contributed by atoms with E-state index in [1.807, 2.05) is 6.07 Å². The molecule has 17 heavy (non-hydrogen) atoms. The number of aromatic nitrogens is 3. The number of carbonyl (C=O) groups is 2. The molecule has 0 spiro atoms. The molecule has 4 N–H and O–H groups in total. The van der Waals surface area contributed by atoms with Gasteiger partial charge in [0.2, 0.25) is 0 Å². The van der Waals surface area contributed by atoms with Gasteiger partial charge in [-0.2, -0.15) is 0 Å². The molecular formula is C10H10N4O3. The molecule has 1 amide bonds. The van der Waals surface area contributed by atoms with Crippen molar-refractivity contribution < 1.29 is 14.7 Å². The molecular weight excluding hydrogens is 224 g/mol. The predicted molar refractivity (Wildman–Crippen MR) is 57.5 cm³/mol. The Hall–Kier alpha value is -2.57. The van der Waals surface area contributed by atoms with Gasteiger partial charge in [0.25, 0.3) is 5.91 Å². The third kappa shape index (κ3) is 2.33. The van der Waals surface area contributed by atoms with Crippen molar-refractivity contribution in [3.8, 4) is 0 Å². The monoisotopic (exact) mass is 234 g/mol. The standard InChI is InChI=1S/C10H10N4O3/c15-9(12-4-6-1-2-11-3-6)7-8(10(16)17)14-5-13-7/h1-3,5,11H,4H2,(H,12,15)(H,13,14)(H,16,17). The van der Waals surface area contributed by atoms with E-state index < -0.39 is 11.9 Å². The van der Waals surface area contributed by atoms with Crippen molar-refractivity contribution in [2.24, 2.45) is 0 Å². The molecule has 0 fully saturated rings. The van der Waals surface area contributed by atoms with Gasteiger partial charge >= 0.3 is 5.97 Å². The minimum absolute atomic E-state index is 0.118. The van der Waals surface area contributed by atoms with Gasteiger partial charge in [0.05, 0.1) is 6.33 Å². The molecule has 0 aromatic carbocycles. The second kappa shape index (κ2) is 4.52. The highest BCUT2D eigenvalue weighted by Gasteiger charge is 2.19. The highest BCUT2D eigenvalue weighted by molar-refractivity contribution is 6.02. The average Bonchev–Trinajstić information content (AvgIpc) is 2.96. The molecule has 0 atom stereocenters. The molecule has 0 aliphatic heterocycles. The van der Waals surface area contributed by atoms with E-state index >= 15 is 0 Å². The van der Waals surface area contributed by atoms with Gasteiger partial charge in [-0.3, -0.25) is 4.79 Å². The van der Waals surface area contributed by atoms with Crippen molar-refractivity contribution in [1.82, 2.24) is 20.3 Å². The van der Waals surface area contributed by atoms with Gasteiger partial charge in [-0.15, -0.1) is 0 Å². The van der Waals surface area contributed by atoms with Crippen LogP contribution in [0.2, 0.25) is 0 Å². The van der Waals surface area contributed by atoms with Crippen molar-refractivity contribution >= 4 is 11.9 Å². The average molecular weight is 234 g/mol. The van der Waals surface area contributed by atoms with Crippen LogP contribution in [0.25, 0.3) is 0 Å². The molecule has 2 rings (SSSR count). The number of rotatable bonds is 4. The van der Waals surface area contributed by atoms with Gasteiger partial charge in [-0.05, 0) is 11.6 Å². The lowest BCUT2D eigenvalue weighted by atomic mass is 10.3. The van der Waals surface area contributed by atoms with Crippen molar-refractivity contribution in [2.75, 3.05) is 0 Å². The molecule has 7 nitrogen and oxygen atoms in total. The molecule has 0 bridgehead atoms. The minimum atomic E-state index is -1.21. The maximum atomic E-state index is 11.7. The van der Waals surface area contributed by atoms with E-state index in [9.17, 15) is 9.59 Å². The Morgan fingerprint density at radius 2 is 2.29 bits per heavy atom. The quantitative estimate of drug-likeness (QED) is 0.612. The van der Waals surface area contributed by atoms with E-state index in [2.05, 4.69) is 20.3 Å². The summed E-state index contributed by atoms with van der Waals surface area (Å²) in [5.74, 6) is -1.74. The molecule has 7 heteroatoms. The smallest absolute Gasteiger partial charge is 0.354 e. The Kier molecular flexibility index (Phi) is 2.91. The maximum absolute atomic E-state index is 11.7. The summed E-state index contributed by atoms with van der Waals surface area (Å²) in [7, 11) is 0. The van der Waals surface area contributed by atoms with Gasteiger partial charge < -0.3 is 20.4 Å². The fourth-order valence-electron chi connectivity index (χ4n) is 1.36. The highest BCUT2D eigenvalue weighted by Crippen LogP contribution is 2.03. The second-order valence-corrected chi connectivity index (χ2v) is 3.33. The molecule has 2 aromatic heterocycles. The third-order valence-corrected chi connectivity index (χ3v) is 2.18. The van der Waals surface area contributed by atoms with E-state index in [0.717, 1.165) is 5.56 Å². The van der Waals surface area contributed by atoms with E-state index in [1.165, 1.54) is 6.33 Å². The number of H-pyrrole nitrogens is 2. The summed E-state index contributed by atoms with van der Waals surface area (Å²) < 4.78 is 0. The van der Waals surface area contributed by atoms with Crippen LogP contribution in [0.15, 0.2) is 24.8 Å². The van der Waals surface area contributed by atoms with Gasteiger partial charge in [0, 0.05) is 18.9 Å². The normalized spacial score (nSPS) is 10.1. The fourth-order valence-corrected chi connectivity index (χ4v) is 1.36. The van der Waals surface area contributed by atoms with E-state index in [4.69, 9.17) is 5.11 Å². The predicted octanol–water partition coefficient (Wildman–Crippen LogP) is 0.366. The van der Waals surface area contributed by atoms with E-state index in [0.29, 0.717) is 6.54 Å². The Balaban J connectivity index is 2.04. The molecule has 0 unspecified atom stereocenters. The minimum Gasteiger partial charge on any atom is -0.477 e. The number of aromatic amines is 2. The van der Waals surface area contributed by atoms with Crippen molar-refractivity contribution in [1.29, 1.82) is 0 Å².